The van der Waals surface area contributed by atoms with E-state index < -0.39 is 0 Å². The molecule has 98 valence electrons. The Labute approximate surface area is 113 Å². The zero-order valence-corrected chi connectivity index (χ0v) is 12.3. The molecule has 0 spiro atoms. The fourth-order valence-corrected chi connectivity index (χ4v) is 2.78. The minimum atomic E-state index is 0.254. The second-order valence-corrected chi connectivity index (χ2v) is 6.77. The molecule has 2 heterocycles. The molecule has 0 bridgehead atoms. The zero-order valence-electron chi connectivity index (χ0n) is 11.5. The Kier molecular flexibility index (Phi) is 3.88. The van der Waals surface area contributed by atoms with Crippen LogP contribution in [0.1, 0.15) is 36.2 Å². The second kappa shape index (κ2) is 5.24. The molecule has 0 radical (unpaired) electrons. The van der Waals surface area contributed by atoms with Crippen LogP contribution in [0.2, 0.25) is 0 Å². The molecule has 0 aromatic carbocycles. The van der Waals surface area contributed by atoms with Crippen molar-refractivity contribution in [1.29, 1.82) is 0 Å². The monoisotopic (exact) mass is 263 g/mol. The topological polar surface area (TPSA) is 29.9 Å². The van der Waals surface area contributed by atoms with Crippen LogP contribution in [0.25, 0.3) is 0 Å². The summed E-state index contributed by atoms with van der Waals surface area (Å²) in [4.78, 5) is 2.83. The molecule has 0 atom stereocenters. The Morgan fingerprint density at radius 1 is 1.22 bits per heavy atom. The van der Waals surface area contributed by atoms with E-state index in [0.29, 0.717) is 0 Å². The van der Waals surface area contributed by atoms with E-state index >= 15 is 0 Å². The van der Waals surface area contributed by atoms with Crippen molar-refractivity contribution < 1.29 is 0 Å². The van der Waals surface area contributed by atoms with Gasteiger partial charge in [-0.2, -0.15) is 5.10 Å². The molecule has 0 unspecified atom stereocenters. The molecule has 2 aromatic heterocycles. The van der Waals surface area contributed by atoms with Crippen molar-refractivity contribution >= 4 is 11.3 Å². The van der Waals surface area contributed by atoms with Crippen LogP contribution >= 0.6 is 11.3 Å². The fraction of sp³-hybridized carbons (Fsp3) is 0.500. The van der Waals surface area contributed by atoms with Crippen molar-refractivity contribution in [1.82, 2.24) is 15.1 Å². The van der Waals surface area contributed by atoms with Crippen LogP contribution in [0.4, 0.5) is 0 Å². The van der Waals surface area contributed by atoms with Crippen LogP contribution in [0.15, 0.2) is 24.4 Å². The van der Waals surface area contributed by atoms with Crippen LogP contribution < -0.4 is 5.32 Å². The number of nitrogens with one attached hydrogen (secondary N) is 1. The molecule has 0 aliphatic rings. The minimum absolute atomic E-state index is 0.254. The van der Waals surface area contributed by atoms with E-state index in [4.69, 9.17) is 0 Å². The first-order valence-electron chi connectivity index (χ1n) is 6.23. The average Bonchev–Trinajstić information content (AvgIpc) is 2.87. The van der Waals surface area contributed by atoms with Crippen molar-refractivity contribution in [3.05, 3.63) is 39.8 Å². The normalized spacial score (nSPS) is 12.0. The molecule has 18 heavy (non-hydrogen) atoms. The summed E-state index contributed by atoms with van der Waals surface area (Å²) in [5.41, 5.74) is 1.34. The highest BCUT2D eigenvalue weighted by Gasteiger charge is 2.15. The van der Waals surface area contributed by atoms with Gasteiger partial charge in [-0.25, -0.2) is 0 Å². The average molecular weight is 263 g/mol. The molecule has 2 rings (SSSR count). The number of hydrogen-bond acceptors (Lipinski definition) is 3. The first kappa shape index (κ1) is 13.3. The molecule has 4 heteroatoms. The third kappa shape index (κ3) is 3.43. The lowest BCUT2D eigenvalue weighted by molar-refractivity contribution is 0.604. The van der Waals surface area contributed by atoms with Crippen molar-refractivity contribution in [3.63, 3.8) is 0 Å². The number of thiophene rings is 1. The van der Waals surface area contributed by atoms with Crippen LogP contribution in [-0.4, -0.2) is 9.78 Å². The van der Waals surface area contributed by atoms with E-state index in [0.717, 1.165) is 18.8 Å². The molecule has 2 aromatic rings. The summed E-state index contributed by atoms with van der Waals surface area (Å²) in [7, 11) is 1.94. The van der Waals surface area contributed by atoms with Crippen molar-refractivity contribution in [2.75, 3.05) is 0 Å². The van der Waals surface area contributed by atoms with Gasteiger partial charge in [-0.3, -0.25) is 4.68 Å². The quantitative estimate of drug-likeness (QED) is 0.918. The lowest BCUT2D eigenvalue weighted by Crippen LogP contribution is -2.12. The zero-order chi connectivity index (χ0) is 13.2. The van der Waals surface area contributed by atoms with E-state index in [9.17, 15) is 0 Å². The first-order valence-corrected chi connectivity index (χ1v) is 7.05. The molecule has 0 amide bonds. The summed E-state index contributed by atoms with van der Waals surface area (Å²) in [6, 6.07) is 6.50. The largest absolute Gasteiger partial charge is 0.306 e. The van der Waals surface area contributed by atoms with E-state index in [1.54, 1.807) is 0 Å². The van der Waals surface area contributed by atoms with Gasteiger partial charge in [0.25, 0.3) is 0 Å². The minimum Gasteiger partial charge on any atom is -0.306 e. The SMILES string of the molecule is Cn1ccc(CNCc2ccc(C(C)(C)C)s2)n1. The summed E-state index contributed by atoms with van der Waals surface area (Å²) in [6.07, 6.45) is 1.97. The standard InChI is InChI=1S/C14H21N3S/c1-14(2,3)13-6-5-12(18-13)10-15-9-11-7-8-17(4)16-11/h5-8,15H,9-10H2,1-4H3. The highest BCUT2D eigenvalue weighted by molar-refractivity contribution is 7.12. The lowest BCUT2D eigenvalue weighted by Gasteiger charge is -2.15. The summed E-state index contributed by atoms with van der Waals surface area (Å²) in [6.45, 7) is 8.50. The number of aromatic nitrogens is 2. The summed E-state index contributed by atoms with van der Waals surface area (Å²) in [5.74, 6) is 0. The van der Waals surface area contributed by atoms with Gasteiger partial charge in [0.15, 0.2) is 0 Å². The van der Waals surface area contributed by atoms with Crippen LogP contribution in [0.3, 0.4) is 0 Å². The van der Waals surface area contributed by atoms with Crippen molar-refractivity contribution in [2.24, 2.45) is 7.05 Å². The van der Waals surface area contributed by atoms with Crippen LogP contribution in [0, 0.1) is 0 Å². The maximum Gasteiger partial charge on any atom is 0.0762 e. The van der Waals surface area contributed by atoms with Gasteiger partial charge in [0.1, 0.15) is 0 Å². The molecule has 0 fully saturated rings. The maximum atomic E-state index is 4.34. The van der Waals surface area contributed by atoms with Crippen LogP contribution in [0.5, 0.6) is 0 Å². The van der Waals surface area contributed by atoms with Crippen molar-refractivity contribution in [3.8, 4) is 0 Å². The van der Waals surface area contributed by atoms with Gasteiger partial charge in [0, 0.05) is 36.1 Å². The van der Waals surface area contributed by atoms with E-state index in [2.05, 4.69) is 43.3 Å². The van der Waals surface area contributed by atoms with Crippen molar-refractivity contribution in [2.45, 2.75) is 39.3 Å². The highest BCUT2D eigenvalue weighted by Crippen LogP contribution is 2.29. The number of nitrogens with zero attached hydrogens (tertiary/aromatic N) is 2. The Bertz CT molecular complexity index is 505. The molecular weight excluding hydrogens is 242 g/mol. The van der Waals surface area contributed by atoms with Gasteiger partial charge in [-0.1, -0.05) is 20.8 Å². The molecule has 0 aliphatic carbocycles. The predicted molar refractivity (Wildman–Crippen MR) is 76.8 cm³/mol. The van der Waals surface area contributed by atoms with Gasteiger partial charge in [-0.05, 0) is 23.6 Å². The Hall–Kier alpha value is -1.13. The summed E-state index contributed by atoms with van der Waals surface area (Å²) in [5, 5.41) is 7.77. The predicted octanol–water partition coefficient (Wildman–Crippen LogP) is 3.07. The Morgan fingerprint density at radius 3 is 2.56 bits per heavy atom. The van der Waals surface area contributed by atoms with E-state index in [1.807, 2.05) is 35.3 Å². The third-order valence-corrected chi connectivity index (χ3v) is 4.29. The molecule has 0 aliphatic heterocycles. The highest BCUT2D eigenvalue weighted by atomic mass is 32.1. The van der Waals surface area contributed by atoms with Gasteiger partial charge in [-0.15, -0.1) is 11.3 Å². The van der Waals surface area contributed by atoms with Crippen LogP contribution in [-0.2, 0) is 25.6 Å². The molecule has 1 N–H and O–H groups in total. The summed E-state index contributed by atoms with van der Waals surface area (Å²) < 4.78 is 1.83. The van der Waals surface area contributed by atoms with E-state index in [-0.39, 0.29) is 5.41 Å². The smallest absolute Gasteiger partial charge is 0.0762 e. The lowest BCUT2D eigenvalue weighted by atomic mass is 9.95. The molecule has 0 saturated heterocycles. The van der Waals surface area contributed by atoms with Gasteiger partial charge in [0.05, 0.1) is 5.69 Å². The van der Waals surface area contributed by atoms with E-state index in [1.165, 1.54) is 9.75 Å². The third-order valence-electron chi connectivity index (χ3n) is 2.78. The second-order valence-electron chi connectivity index (χ2n) is 5.60. The first-order chi connectivity index (χ1) is 8.45. The number of rotatable bonds is 4. The molecule has 0 saturated carbocycles. The number of aryl methyl sites for hydroxylation is 1. The fourth-order valence-electron chi connectivity index (χ4n) is 1.75. The Morgan fingerprint density at radius 2 is 2.00 bits per heavy atom. The maximum absolute atomic E-state index is 4.34. The van der Waals surface area contributed by atoms with Gasteiger partial charge < -0.3 is 5.32 Å². The van der Waals surface area contributed by atoms with Gasteiger partial charge >= 0.3 is 0 Å². The molecular formula is C14H21N3S. The Balaban J connectivity index is 1.85. The summed E-state index contributed by atoms with van der Waals surface area (Å²) >= 11 is 1.89. The number of hydrogen-bond donors (Lipinski definition) is 1. The molecule has 3 nitrogen and oxygen atoms in total. The van der Waals surface area contributed by atoms with Gasteiger partial charge in [0.2, 0.25) is 0 Å².